The molecule has 2 N–H and O–H groups in total. The highest BCUT2D eigenvalue weighted by molar-refractivity contribution is 5.78. The molecular formula is C22H30FN5O. The highest BCUT2D eigenvalue weighted by Gasteiger charge is 2.21. The van der Waals surface area contributed by atoms with Gasteiger partial charge in [-0.05, 0) is 44.4 Å². The zero-order valence-corrected chi connectivity index (χ0v) is 17.4. The van der Waals surface area contributed by atoms with Gasteiger partial charge in [-0.25, -0.2) is 4.39 Å². The molecule has 7 heteroatoms. The number of piperazine rings is 1. The Kier molecular flexibility index (Phi) is 6.93. The van der Waals surface area contributed by atoms with Crippen molar-refractivity contribution in [1.29, 1.82) is 0 Å². The van der Waals surface area contributed by atoms with Crippen molar-refractivity contribution in [2.45, 2.75) is 6.04 Å². The van der Waals surface area contributed by atoms with Crippen LogP contribution in [-0.2, 0) is 0 Å². The van der Waals surface area contributed by atoms with E-state index in [1.54, 1.807) is 7.11 Å². The van der Waals surface area contributed by atoms with Crippen molar-refractivity contribution in [2.24, 2.45) is 10.7 Å². The van der Waals surface area contributed by atoms with Gasteiger partial charge < -0.3 is 25.2 Å². The number of nitrogens with zero attached hydrogens (tertiary/aromatic N) is 4. The van der Waals surface area contributed by atoms with Gasteiger partial charge in [0, 0.05) is 37.4 Å². The molecule has 0 radical (unpaired) electrons. The summed E-state index contributed by atoms with van der Waals surface area (Å²) in [5.74, 6) is 1.20. The number of rotatable bonds is 6. The van der Waals surface area contributed by atoms with Crippen molar-refractivity contribution in [2.75, 3.05) is 58.8 Å². The van der Waals surface area contributed by atoms with Crippen LogP contribution in [0.1, 0.15) is 11.6 Å². The summed E-state index contributed by atoms with van der Waals surface area (Å²) in [4.78, 5) is 11.2. The Balaban J connectivity index is 1.62. The van der Waals surface area contributed by atoms with Crippen molar-refractivity contribution in [3.63, 3.8) is 0 Å². The van der Waals surface area contributed by atoms with Crippen LogP contribution in [0.4, 0.5) is 10.1 Å². The van der Waals surface area contributed by atoms with E-state index in [1.807, 2.05) is 44.4 Å². The third-order valence-electron chi connectivity index (χ3n) is 5.34. The van der Waals surface area contributed by atoms with Crippen molar-refractivity contribution >= 4 is 11.6 Å². The molecular weight excluding hydrogens is 369 g/mol. The standard InChI is InChI=1S/C22H30FN5O/c1-26(2)20(19-6-4-5-7-21(19)29-3)16-25-22(24)28-14-12-27(13-15-28)18-10-8-17(23)9-11-18/h4-11,20H,12-16H2,1-3H3,(H2,24,25). The Morgan fingerprint density at radius 1 is 1.10 bits per heavy atom. The van der Waals surface area contributed by atoms with Gasteiger partial charge >= 0.3 is 0 Å². The second-order valence-electron chi connectivity index (χ2n) is 7.37. The molecule has 1 heterocycles. The van der Waals surface area contributed by atoms with E-state index in [-0.39, 0.29) is 11.9 Å². The minimum absolute atomic E-state index is 0.0743. The van der Waals surface area contributed by atoms with Crippen LogP contribution >= 0.6 is 0 Å². The number of hydrogen-bond donors (Lipinski definition) is 1. The first-order valence-corrected chi connectivity index (χ1v) is 9.84. The van der Waals surface area contributed by atoms with Gasteiger partial charge in [-0.1, -0.05) is 18.2 Å². The van der Waals surface area contributed by atoms with Crippen LogP contribution in [-0.4, -0.2) is 69.7 Å². The van der Waals surface area contributed by atoms with Crippen molar-refractivity contribution < 1.29 is 9.13 Å². The molecule has 1 unspecified atom stereocenters. The number of para-hydroxylation sites is 1. The largest absolute Gasteiger partial charge is 0.496 e. The summed E-state index contributed by atoms with van der Waals surface area (Å²) >= 11 is 0. The molecule has 2 aromatic carbocycles. The maximum absolute atomic E-state index is 13.1. The Morgan fingerprint density at radius 3 is 2.38 bits per heavy atom. The molecule has 29 heavy (non-hydrogen) atoms. The zero-order chi connectivity index (χ0) is 20.8. The Hall–Kier alpha value is -2.80. The first-order chi connectivity index (χ1) is 14.0. The molecule has 1 fully saturated rings. The highest BCUT2D eigenvalue weighted by atomic mass is 19.1. The summed E-state index contributed by atoms with van der Waals surface area (Å²) in [6, 6.07) is 14.7. The lowest BCUT2D eigenvalue weighted by atomic mass is 10.0. The molecule has 0 spiro atoms. The summed E-state index contributed by atoms with van der Waals surface area (Å²) in [6.45, 7) is 3.77. The van der Waals surface area contributed by atoms with E-state index in [2.05, 4.69) is 25.8 Å². The third-order valence-corrected chi connectivity index (χ3v) is 5.34. The number of halogens is 1. The Bertz CT molecular complexity index is 816. The van der Waals surface area contributed by atoms with Crippen molar-refractivity contribution in [3.05, 3.63) is 59.9 Å². The third kappa shape index (κ3) is 5.17. The lowest BCUT2D eigenvalue weighted by molar-refractivity contribution is 0.293. The van der Waals surface area contributed by atoms with Gasteiger partial charge in [-0.15, -0.1) is 0 Å². The number of anilines is 1. The van der Waals surface area contributed by atoms with E-state index in [0.29, 0.717) is 12.5 Å². The predicted octanol–water partition coefficient (Wildman–Crippen LogP) is 2.57. The van der Waals surface area contributed by atoms with Crippen molar-refractivity contribution in [1.82, 2.24) is 9.80 Å². The lowest BCUT2D eigenvalue weighted by Crippen LogP contribution is -2.51. The number of hydrogen-bond acceptors (Lipinski definition) is 4. The first kappa shape index (κ1) is 20.9. The minimum Gasteiger partial charge on any atom is -0.496 e. The van der Waals surface area contributed by atoms with Crippen molar-refractivity contribution in [3.8, 4) is 5.75 Å². The van der Waals surface area contributed by atoms with Gasteiger partial charge in [0.2, 0.25) is 0 Å². The normalized spacial score (nSPS) is 16.2. The molecule has 2 aromatic rings. The predicted molar refractivity (Wildman–Crippen MR) is 116 cm³/mol. The molecule has 1 aliphatic rings. The number of nitrogens with two attached hydrogens (primary N) is 1. The highest BCUT2D eigenvalue weighted by Crippen LogP contribution is 2.28. The van der Waals surface area contributed by atoms with Gasteiger partial charge in [0.15, 0.2) is 5.96 Å². The molecule has 156 valence electrons. The van der Waals surface area contributed by atoms with Gasteiger partial charge in [0.25, 0.3) is 0 Å². The molecule has 0 aromatic heterocycles. The molecule has 0 amide bonds. The molecule has 6 nitrogen and oxygen atoms in total. The SMILES string of the molecule is COc1ccccc1C(CN=C(N)N1CCN(c2ccc(F)cc2)CC1)N(C)C. The number of methoxy groups -OCH3 is 1. The summed E-state index contributed by atoms with van der Waals surface area (Å²) in [5.41, 5.74) is 8.44. The quantitative estimate of drug-likeness (QED) is 0.598. The summed E-state index contributed by atoms with van der Waals surface area (Å²) < 4.78 is 18.6. The molecule has 3 rings (SSSR count). The van der Waals surface area contributed by atoms with E-state index >= 15 is 0 Å². The van der Waals surface area contributed by atoms with Gasteiger partial charge in [-0.2, -0.15) is 0 Å². The van der Waals surface area contributed by atoms with Crippen LogP contribution in [0.25, 0.3) is 0 Å². The fourth-order valence-corrected chi connectivity index (χ4v) is 3.61. The van der Waals surface area contributed by atoms with Crippen LogP contribution in [0.5, 0.6) is 5.75 Å². The van der Waals surface area contributed by atoms with Crippen LogP contribution in [0, 0.1) is 5.82 Å². The van der Waals surface area contributed by atoms with Crippen LogP contribution < -0.4 is 15.4 Å². The van der Waals surface area contributed by atoms with Gasteiger partial charge in [0.05, 0.1) is 19.7 Å². The summed E-state index contributed by atoms with van der Waals surface area (Å²) in [7, 11) is 5.75. The van der Waals surface area contributed by atoms with Crippen LogP contribution in [0.2, 0.25) is 0 Å². The summed E-state index contributed by atoms with van der Waals surface area (Å²) in [6.07, 6.45) is 0. The second kappa shape index (κ2) is 9.60. The smallest absolute Gasteiger partial charge is 0.191 e. The average molecular weight is 400 g/mol. The molecule has 1 saturated heterocycles. The number of aliphatic imine (C=N–C) groups is 1. The Morgan fingerprint density at radius 2 is 1.76 bits per heavy atom. The average Bonchev–Trinajstić information content (AvgIpc) is 2.74. The molecule has 1 atom stereocenters. The molecule has 0 bridgehead atoms. The van der Waals surface area contributed by atoms with Gasteiger partial charge in [-0.3, -0.25) is 4.99 Å². The van der Waals surface area contributed by atoms with E-state index in [0.717, 1.165) is 43.2 Å². The van der Waals surface area contributed by atoms with E-state index < -0.39 is 0 Å². The van der Waals surface area contributed by atoms with E-state index in [4.69, 9.17) is 10.5 Å². The summed E-state index contributed by atoms with van der Waals surface area (Å²) in [5, 5.41) is 0. The fraction of sp³-hybridized carbons (Fsp3) is 0.409. The fourth-order valence-electron chi connectivity index (χ4n) is 3.61. The molecule has 0 saturated carbocycles. The number of likely N-dealkylation sites (N-methyl/N-ethyl adjacent to an activating group) is 1. The number of benzene rings is 2. The second-order valence-corrected chi connectivity index (χ2v) is 7.37. The minimum atomic E-state index is -0.214. The zero-order valence-electron chi connectivity index (χ0n) is 17.4. The number of guanidine groups is 1. The van der Waals surface area contributed by atoms with E-state index in [9.17, 15) is 4.39 Å². The topological polar surface area (TPSA) is 57.3 Å². The van der Waals surface area contributed by atoms with Gasteiger partial charge in [0.1, 0.15) is 11.6 Å². The monoisotopic (exact) mass is 399 g/mol. The molecule has 0 aliphatic carbocycles. The molecule has 1 aliphatic heterocycles. The van der Waals surface area contributed by atoms with Crippen LogP contribution in [0.15, 0.2) is 53.5 Å². The first-order valence-electron chi connectivity index (χ1n) is 9.84. The van der Waals surface area contributed by atoms with Crippen LogP contribution in [0.3, 0.4) is 0 Å². The maximum Gasteiger partial charge on any atom is 0.191 e. The van der Waals surface area contributed by atoms with E-state index in [1.165, 1.54) is 12.1 Å². The maximum atomic E-state index is 13.1. The number of ether oxygens (including phenoxy) is 1. The lowest BCUT2D eigenvalue weighted by Gasteiger charge is -2.36. The Labute approximate surface area is 172 Å².